The van der Waals surface area contributed by atoms with E-state index in [1.54, 1.807) is 7.11 Å². The lowest BCUT2D eigenvalue weighted by Crippen LogP contribution is -2.20. The first-order valence-electron chi connectivity index (χ1n) is 6.65. The van der Waals surface area contributed by atoms with Crippen LogP contribution in [0.2, 0.25) is 0 Å². The molecule has 2 aromatic carbocycles. The molecule has 0 amide bonds. The molecule has 3 rings (SSSR count). The minimum absolute atomic E-state index is 0.578. The third-order valence-electron chi connectivity index (χ3n) is 3.48. The van der Waals surface area contributed by atoms with Gasteiger partial charge in [0.25, 0.3) is 0 Å². The topological polar surface area (TPSA) is 72.0 Å². The molecule has 0 fully saturated rings. The van der Waals surface area contributed by atoms with Gasteiger partial charge in [0.1, 0.15) is 5.75 Å². The van der Waals surface area contributed by atoms with Crippen molar-refractivity contribution in [3.63, 3.8) is 0 Å². The predicted octanol–water partition coefficient (Wildman–Crippen LogP) is 1.87. The number of hydrogen-bond acceptors (Lipinski definition) is 4. The van der Waals surface area contributed by atoms with Crippen molar-refractivity contribution in [1.82, 2.24) is 5.43 Å². The first kappa shape index (κ1) is 13.2. The minimum atomic E-state index is 0.578. The molecule has 0 aliphatic carbocycles. The molecule has 2 aromatic rings. The van der Waals surface area contributed by atoms with Crippen molar-refractivity contribution in [2.24, 2.45) is 16.0 Å². The van der Waals surface area contributed by atoms with Gasteiger partial charge in [0.15, 0.2) is 5.84 Å². The highest BCUT2D eigenvalue weighted by Crippen LogP contribution is 2.18. The van der Waals surface area contributed by atoms with Gasteiger partial charge in [-0.3, -0.25) is 5.43 Å². The predicted molar refractivity (Wildman–Crippen MR) is 83.5 cm³/mol. The Hall–Kier alpha value is -2.82. The van der Waals surface area contributed by atoms with Gasteiger partial charge < -0.3 is 10.6 Å². The number of nitrogens with two attached hydrogens (primary N) is 1. The fourth-order valence-corrected chi connectivity index (χ4v) is 2.35. The Morgan fingerprint density at radius 1 is 1.14 bits per heavy atom. The second kappa shape index (κ2) is 5.66. The van der Waals surface area contributed by atoms with Crippen LogP contribution in [-0.4, -0.2) is 18.7 Å². The Morgan fingerprint density at radius 3 is 2.62 bits per heavy atom. The van der Waals surface area contributed by atoms with Gasteiger partial charge in [0.05, 0.1) is 12.8 Å². The van der Waals surface area contributed by atoms with Crippen LogP contribution in [0.15, 0.2) is 58.7 Å². The molecule has 5 nitrogen and oxygen atoms in total. The molecule has 1 aliphatic rings. The van der Waals surface area contributed by atoms with Crippen LogP contribution >= 0.6 is 0 Å². The van der Waals surface area contributed by atoms with E-state index in [0.29, 0.717) is 12.3 Å². The van der Waals surface area contributed by atoms with E-state index in [1.165, 1.54) is 0 Å². The summed E-state index contributed by atoms with van der Waals surface area (Å²) in [6, 6.07) is 15.8. The molecule has 1 heterocycles. The third kappa shape index (κ3) is 2.58. The fourth-order valence-electron chi connectivity index (χ4n) is 2.35. The number of nitrogens with zero attached hydrogens (tertiary/aromatic N) is 2. The summed E-state index contributed by atoms with van der Waals surface area (Å²) in [5, 5.41) is 8.21. The van der Waals surface area contributed by atoms with Crippen molar-refractivity contribution < 1.29 is 4.74 Å². The molecule has 0 unspecified atom stereocenters. The number of rotatable bonds is 2. The first-order valence-corrected chi connectivity index (χ1v) is 6.65. The summed E-state index contributed by atoms with van der Waals surface area (Å²) in [6.45, 7) is 0. The Balaban J connectivity index is 1.99. The van der Waals surface area contributed by atoms with E-state index < -0.39 is 0 Å². The molecule has 106 valence electrons. The Morgan fingerprint density at radius 2 is 1.90 bits per heavy atom. The summed E-state index contributed by atoms with van der Waals surface area (Å²) in [6.07, 6.45) is 0.717. The Bertz CT molecular complexity index is 704. The molecule has 0 spiro atoms. The second-order valence-corrected chi connectivity index (χ2v) is 4.71. The van der Waals surface area contributed by atoms with Gasteiger partial charge in [-0.2, -0.15) is 10.2 Å². The van der Waals surface area contributed by atoms with Crippen LogP contribution in [0.1, 0.15) is 16.7 Å². The van der Waals surface area contributed by atoms with Crippen LogP contribution in [0.25, 0.3) is 0 Å². The van der Waals surface area contributed by atoms with Crippen molar-refractivity contribution in [3.05, 3.63) is 65.2 Å². The number of fused-ring (bicyclic) bond motifs is 1. The van der Waals surface area contributed by atoms with E-state index in [0.717, 1.165) is 28.2 Å². The average molecular weight is 280 g/mol. The Kier molecular flexibility index (Phi) is 3.55. The van der Waals surface area contributed by atoms with Crippen LogP contribution in [0.4, 0.5) is 0 Å². The van der Waals surface area contributed by atoms with Crippen LogP contribution in [0, 0.1) is 0 Å². The number of ether oxygens (including phenoxy) is 1. The SMILES string of the molecule is COc1ccc(C2=NN/C(=N/N)c3ccccc3C2)cc1. The van der Waals surface area contributed by atoms with Gasteiger partial charge in [-0.15, -0.1) is 0 Å². The van der Waals surface area contributed by atoms with Crippen molar-refractivity contribution in [3.8, 4) is 5.75 Å². The molecule has 3 N–H and O–H groups in total. The van der Waals surface area contributed by atoms with E-state index >= 15 is 0 Å². The summed E-state index contributed by atoms with van der Waals surface area (Å²) in [5.41, 5.74) is 7.04. The summed E-state index contributed by atoms with van der Waals surface area (Å²) in [7, 11) is 1.65. The molecule has 0 atom stereocenters. The first-order chi connectivity index (χ1) is 10.3. The molecular formula is C16H16N4O. The molecule has 0 radical (unpaired) electrons. The largest absolute Gasteiger partial charge is 0.497 e. The maximum Gasteiger partial charge on any atom is 0.173 e. The van der Waals surface area contributed by atoms with Crippen LogP contribution in [-0.2, 0) is 6.42 Å². The van der Waals surface area contributed by atoms with Gasteiger partial charge in [-0.25, -0.2) is 0 Å². The smallest absolute Gasteiger partial charge is 0.173 e. The number of hydrogen-bond donors (Lipinski definition) is 2. The minimum Gasteiger partial charge on any atom is -0.497 e. The summed E-state index contributed by atoms with van der Waals surface area (Å²) in [4.78, 5) is 0. The molecule has 0 saturated heterocycles. The fraction of sp³-hybridized carbons (Fsp3) is 0.125. The van der Waals surface area contributed by atoms with Gasteiger partial charge in [0, 0.05) is 12.0 Å². The van der Waals surface area contributed by atoms with Gasteiger partial charge >= 0.3 is 0 Å². The quantitative estimate of drug-likeness (QED) is 0.651. The summed E-state index contributed by atoms with van der Waals surface area (Å²) in [5.74, 6) is 6.85. The lowest BCUT2D eigenvalue weighted by molar-refractivity contribution is 0.415. The van der Waals surface area contributed by atoms with E-state index in [-0.39, 0.29) is 0 Å². The molecule has 1 aliphatic heterocycles. The second-order valence-electron chi connectivity index (χ2n) is 4.71. The van der Waals surface area contributed by atoms with Crippen molar-refractivity contribution in [2.45, 2.75) is 6.42 Å². The highest BCUT2D eigenvalue weighted by molar-refractivity contribution is 6.08. The number of nitrogens with one attached hydrogen (secondary N) is 1. The standard InChI is InChI=1S/C16H16N4O/c1-21-13-8-6-11(7-9-13)15-10-12-4-2-3-5-14(12)16(18-17)20-19-15/h2-9H,10,17H2,1H3,(H,18,20). The van der Waals surface area contributed by atoms with E-state index in [4.69, 9.17) is 10.6 Å². The monoisotopic (exact) mass is 280 g/mol. The highest BCUT2D eigenvalue weighted by Gasteiger charge is 2.16. The Labute approximate surface area is 123 Å². The maximum absolute atomic E-state index is 5.45. The van der Waals surface area contributed by atoms with Crippen LogP contribution in [0.3, 0.4) is 0 Å². The third-order valence-corrected chi connectivity index (χ3v) is 3.48. The van der Waals surface area contributed by atoms with Crippen molar-refractivity contribution >= 4 is 11.5 Å². The van der Waals surface area contributed by atoms with E-state index in [9.17, 15) is 0 Å². The number of hydrazone groups is 2. The number of methoxy groups -OCH3 is 1. The normalized spacial score (nSPS) is 15.7. The lowest BCUT2D eigenvalue weighted by Gasteiger charge is -2.07. The van der Waals surface area contributed by atoms with Gasteiger partial charge in [0.2, 0.25) is 0 Å². The average Bonchev–Trinajstić information content (AvgIpc) is 2.74. The molecule has 5 heteroatoms. The number of amidine groups is 1. The molecule has 0 aromatic heterocycles. The van der Waals surface area contributed by atoms with Gasteiger partial charge in [-0.05, 0) is 35.4 Å². The van der Waals surface area contributed by atoms with Crippen LogP contribution in [0.5, 0.6) is 5.75 Å². The van der Waals surface area contributed by atoms with E-state index in [2.05, 4.69) is 21.7 Å². The van der Waals surface area contributed by atoms with E-state index in [1.807, 2.05) is 42.5 Å². The van der Waals surface area contributed by atoms with Crippen molar-refractivity contribution in [1.29, 1.82) is 0 Å². The van der Waals surface area contributed by atoms with Crippen LogP contribution < -0.4 is 16.0 Å². The molecule has 0 bridgehead atoms. The van der Waals surface area contributed by atoms with Crippen molar-refractivity contribution in [2.75, 3.05) is 7.11 Å². The summed E-state index contributed by atoms with van der Waals surface area (Å²) >= 11 is 0. The maximum atomic E-state index is 5.45. The van der Waals surface area contributed by atoms with Gasteiger partial charge in [-0.1, -0.05) is 24.3 Å². The summed E-state index contributed by atoms with van der Waals surface area (Å²) < 4.78 is 5.18. The zero-order chi connectivity index (χ0) is 14.7. The molecule has 0 saturated carbocycles. The highest BCUT2D eigenvalue weighted by atomic mass is 16.5. The zero-order valence-corrected chi connectivity index (χ0v) is 11.7. The molecular weight excluding hydrogens is 264 g/mol. The number of benzene rings is 2. The molecule has 21 heavy (non-hydrogen) atoms. The lowest BCUT2D eigenvalue weighted by atomic mass is 9.98. The zero-order valence-electron chi connectivity index (χ0n) is 11.7.